The number of hydrogen-bond donors (Lipinski definition) is 1. The predicted molar refractivity (Wildman–Crippen MR) is 77.0 cm³/mol. The van der Waals surface area contributed by atoms with Crippen LogP contribution in [0.3, 0.4) is 0 Å². The third-order valence-electron chi connectivity index (χ3n) is 2.78. The first-order chi connectivity index (χ1) is 9.15. The smallest absolute Gasteiger partial charge is 0.336 e. The van der Waals surface area contributed by atoms with Crippen molar-refractivity contribution >= 4 is 39.8 Å². The van der Waals surface area contributed by atoms with Crippen molar-refractivity contribution in [2.24, 2.45) is 0 Å². The molecule has 0 aliphatic carbocycles. The first-order valence-corrected chi connectivity index (χ1v) is 6.78. The summed E-state index contributed by atoms with van der Waals surface area (Å²) in [5, 5.41) is 12.4. The molecule has 2 heterocycles. The molecule has 19 heavy (non-hydrogen) atoms. The summed E-state index contributed by atoms with van der Waals surface area (Å²) in [4.78, 5) is 16.8. The number of fused-ring (bicyclic) bond motifs is 1. The molecule has 0 aliphatic rings. The lowest BCUT2D eigenvalue weighted by atomic mass is 10.1. The van der Waals surface area contributed by atoms with Gasteiger partial charge in [-0.05, 0) is 29.6 Å². The number of hydrogen-bond acceptors (Lipinski definition) is 3. The summed E-state index contributed by atoms with van der Waals surface area (Å²) in [5.74, 6) is -0.965. The van der Waals surface area contributed by atoms with Crippen LogP contribution in [-0.4, -0.2) is 16.1 Å². The maximum atomic E-state index is 11.4. The van der Waals surface area contributed by atoms with E-state index in [-0.39, 0.29) is 5.56 Å². The van der Waals surface area contributed by atoms with Crippen molar-refractivity contribution in [1.29, 1.82) is 0 Å². The highest BCUT2D eigenvalue weighted by Crippen LogP contribution is 2.29. The van der Waals surface area contributed by atoms with Crippen molar-refractivity contribution in [2.75, 3.05) is 0 Å². The lowest BCUT2D eigenvalue weighted by molar-refractivity contribution is 0.0699. The molecule has 0 unspecified atom stereocenters. The van der Waals surface area contributed by atoms with Gasteiger partial charge < -0.3 is 5.11 Å². The fraction of sp³-hybridized carbons (Fsp3) is 0. The number of carboxylic acids is 1. The normalized spacial score (nSPS) is 10.8. The van der Waals surface area contributed by atoms with E-state index in [0.717, 1.165) is 4.88 Å². The molecule has 94 valence electrons. The van der Waals surface area contributed by atoms with E-state index in [9.17, 15) is 9.90 Å². The van der Waals surface area contributed by atoms with Crippen molar-refractivity contribution in [1.82, 2.24) is 4.98 Å². The number of thiophene rings is 1. The van der Waals surface area contributed by atoms with Gasteiger partial charge in [0.25, 0.3) is 0 Å². The summed E-state index contributed by atoms with van der Waals surface area (Å²) in [6, 6.07) is 10.5. The number of halogens is 1. The monoisotopic (exact) mass is 289 g/mol. The highest BCUT2D eigenvalue weighted by molar-refractivity contribution is 7.13. The highest BCUT2D eigenvalue weighted by atomic mass is 35.5. The molecule has 2 aromatic heterocycles. The van der Waals surface area contributed by atoms with Gasteiger partial charge in [-0.2, -0.15) is 0 Å². The van der Waals surface area contributed by atoms with Crippen LogP contribution in [0.15, 0.2) is 41.8 Å². The van der Waals surface area contributed by atoms with E-state index >= 15 is 0 Å². The number of benzene rings is 1. The van der Waals surface area contributed by atoms with E-state index in [1.807, 2.05) is 17.5 Å². The predicted octanol–water partition coefficient (Wildman–Crippen LogP) is 4.31. The van der Waals surface area contributed by atoms with Crippen molar-refractivity contribution in [3.05, 3.63) is 52.4 Å². The fourth-order valence-corrected chi connectivity index (χ4v) is 2.78. The van der Waals surface area contributed by atoms with Crippen LogP contribution in [0.5, 0.6) is 0 Å². The summed E-state index contributed by atoms with van der Waals surface area (Å²) >= 11 is 7.46. The molecule has 3 nitrogen and oxygen atoms in total. The second kappa shape index (κ2) is 4.64. The molecule has 0 fully saturated rings. The Kier molecular flexibility index (Phi) is 2.97. The number of aromatic carboxylic acids is 1. The Morgan fingerprint density at radius 3 is 2.79 bits per heavy atom. The van der Waals surface area contributed by atoms with E-state index in [2.05, 4.69) is 4.98 Å². The average molecular weight is 290 g/mol. The Hall–Kier alpha value is -1.91. The molecule has 0 amide bonds. The van der Waals surface area contributed by atoms with Crippen molar-refractivity contribution in [3.63, 3.8) is 0 Å². The minimum absolute atomic E-state index is 0.241. The second-order valence-corrected chi connectivity index (χ2v) is 5.38. The van der Waals surface area contributed by atoms with Gasteiger partial charge in [-0.1, -0.05) is 23.7 Å². The number of nitrogens with zero attached hydrogens (tertiary/aromatic N) is 1. The minimum Gasteiger partial charge on any atom is -0.478 e. The molecule has 3 aromatic rings. The van der Waals surface area contributed by atoms with Crippen LogP contribution in [0.1, 0.15) is 10.4 Å². The van der Waals surface area contributed by atoms with Gasteiger partial charge in [-0.25, -0.2) is 9.78 Å². The number of aromatic nitrogens is 1. The Morgan fingerprint density at radius 2 is 2.11 bits per heavy atom. The summed E-state index contributed by atoms with van der Waals surface area (Å²) in [6.07, 6.45) is 0. The van der Waals surface area contributed by atoms with Gasteiger partial charge >= 0.3 is 5.97 Å². The van der Waals surface area contributed by atoms with Crippen LogP contribution in [0.25, 0.3) is 21.5 Å². The standard InChI is InChI=1S/C14H8ClNO2S/c15-8-3-4-9-10(14(17)18)7-12(16-11(9)6-8)13-2-1-5-19-13/h1-7H,(H,17,18). The van der Waals surface area contributed by atoms with Crippen LogP contribution in [0.4, 0.5) is 0 Å². The Labute approximate surface area is 118 Å². The largest absolute Gasteiger partial charge is 0.478 e. The maximum Gasteiger partial charge on any atom is 0.336 e. The summed E-state index contributed by atoms with van der Waals surface area (Å²) in [6.45, 7) is 0. The minimum atomic E-state index is -0.965. The Morgan fingerprint density at radius 1 is 1.26 bits per heavy atom. The molecule has 5 heteroatoms. The number of pyridine rings is 1. The highest BCUT2D eigenvalue weighted by Gasteiger charge is 2.13. The fourth-order valence-electron chi connectivity index (χ4n) is 1.93. The summed E-state index contributed by atoms with van der Waals surface area (Å²) < 4.78 is 0. The quantitative estimate of drug-likeness (QED) is 0.764. The lowest BCUT2D eigenvalue weighted by Gasteiger charge is -2.06. The molecule has 1 aromatic carbocycles. The molecular weight excluding hydrogens is 282 g/mol. The zero-order valence-electron chi connectivity index (χ0n) is 9.63. The molecule has 0 spiro atoms. The molecule has 0 atom stereocenters. The molecule has 0 radical (unpaired) electrons. The molecule has 1 N–H and O–H groups in total. The zero-order chi connectivity index (χ0) is 13.4. The van der Waals surface area contributed by atoms with E-state index in [0.29, 0.717) is 21.6 Å². The Bertz CT molecular complexity index is 768. The molecule has 0 aliphatic heterocycles. The zero-order valence-corrected chi connectivity index (χ0v) is 11.2. The van der Waals surface area contributed by atoms with Gasteiger partial charge in [-0.3, -0.25) is 0 Å². The number of carboxylic acid groups (broad SMARTS) is 1. The summed E-state index contributed by atoms with van der Waals surface area (Å²) in [7, 11) is 0. The Balaban J connectivity index is 2.34. The van der Waals surface area contributed by atoms with Gasteiger partial charge in [0.1, 0.15) is 0 Å². The molecule has 3 rings (SSSR count). The van der Waals surface area contributed by atoms with Crippen molar-refractivity contribution in [2.45, 2.75) is 0 Å². The maximum absolute atomic E-state index is 11.4. The SMILES string of the molecule is O=C(O)c1cc(-c2cccs2)nc2cc(Cl)ccc12. The van der Waals surface area contributed by atoms with Crippen LogP contribution in [0.2, 0.25) is 5.02 Å². The van der Waals surface area contributed by atoms with Crippen LogP contribution in [-0.2, 0) is 0 Å². The van der Waals surface area contributed by atoms with E-state index in [4.69, 9.17) is 11.6 Å². The van der Waals surface area contributed by atoms with Crippen molar-refractivity contribution < 1.29 is 9.90 Å². The number of carbonyl (C=O) groups is 1. The first kappa shape index (κ1) is 12.1. The summed E-state index contributed by atoms with van der Waals surface area (Å²) in [5.41, 5.74) is 1.49. The number of rotatable bonds is 2. The van der Waals surface area contributed by atoms with Gasteiger partial charge in [0.15, 0.2) is 0 Å². The van der Waals surface area contributed by atoms with Crippen molar-refractivity contribution in [3.8, 4) is 10.6 Å². The third kappa shape index (κ3) is 2.20. The molecule has 0 saturated carbocycles. The topological polar surface area (TPSA) is 50.2 Å². The van der Waals surface area contributed by atoms with E-state index < -0.39 is 5.97 Å². The van der Waals surface area contributed by atoms with Gasteiger partial charge in [0.05, 0.1) is 21.7 Å². The van der Waals surface area contributed by atoms with E-state index in [1.165, 1.54) is 11.3 Å². The third-order valence-corrected chi connectivity index (χ3v) is 3.90. The van der Waals surface area contributed by atoms with Crippen LogP contribution in [0, 0.1) is 0 Å². The van der Waals surface area contributed by atoms with Crippen LogP contribution >= 0.6 is 22.9 Å². The molecule has 0 saturated heterocycles. The first-order valence-electron chi connectivity index (χ1n) is 5.52. The van der Waals surface area contributed by atoms with Crippen LogP contribution < -0.4 is 0 Å². The second-order valence-electron chi connectivity index (χ2n) is 4.00. The van der Waals surface area contributed by atoms with E-state index in [1.54, 1.807) is 24.3 Å². The lowest BCUT2D eigenvalue weighted by Crippen LogP contribution is -1.99. The van der Waals surface area contributed by atoms with Gasteiger partial charge in [-0.15, -0.1) is 11.3 Å². The molecular formula is C14H8ClNO2S. The van der Waals surface area contributed by atoms with Gasteiger partial charge in [0.2, 0.25) is 0 Å². The van der Waals surface area contributed by atoms with Gasteiger partial charge in [0, 0.05) is 10.4 Å². The average Bonchev–Trinajstić information content (AvgIpc) is 2.90. The molecule has 0 bridgehead atoms.